The summed E-state index contributed by atoms with van der Waals surface area (Å²) >= 11 is 3.36. The number of fused-ring (bicyclic) bond motifs is 1. The van der Waals surface area contributed by atoms with Crippen LogP contribution in [0.3, 0.4) is 0 Å². The summed E-state index contributed by atoms with van der Waals surface area (Å²) in [6.45, 7) is 5.90. The van der Waals surface area contributed by atoms with E-state index < -0.39 is 10.0 Å². The predicted molar refractivity (Wildman–Crippen MR) is 89.2 cm³/mol. The van der Waals surface area contributed by atoms with Crippen molar-refractivity contribution < 1.29 is 8.42 Å². The van der Waals surface area contributed by atoms with E-state index in [0.29, 0.717) is 10.7 Å². The number of rotatable bonds is 5. The smallest absolute Gasteiger partial charge is 0.241 e. The Morgan fingerprint density at radius 1 is 1.29 bits per heavy atom. The molecule has 1 atom stereocenters. The van der Waals surface area contributed by atoms with Gasteiger partial charge in [-0.2, -0.15) is 0 Å². The largest absolute Gasteiger partial charge is 0.256 e. The first kappa shape index (κ1) is 16.4. The third kappa shape index (κ3) is 3.44. The first-order valence-corrected chi connectivity index (χ1v) is 9.40. The summed E-state index contributed by atoms with van der Waals surface area (Å²) in [5.41, 5.74) is 1.69. The number of benzene rings is 1. The average molecular weight is 371 g/mol. The van der Waals surface area contributed by atoms with E-state index in [1.165, 1.54) is 0 Å². The Hall–Kier alpha value is -0.980. The van der Waals surface area contributed by atoms with E-state index in [2.05, 4.69) is 25.6 Å². The minimum atomic E-state index is -3.58. The molecular formula is C15H19BrN2O2S. The van der Waals surface area contributed by atoms with Crippen molar-refractivity contribution in [3.8, 4) is 0 Å². The van der Waals surface area contributed by atoms with Gasteiger partial charge in [0.05, 0.1) is 10.4 Å². The molecule has 0 saturated heterocycles. The first-order valence-electron chi connectivity index (χ1n) is 6.79. The zero-order valence-electron chi connectivity index (χ0n) is 12.3. The molecule has 0 amide bonds. The molecule has 0 fully saturated rings. The Labute approximate surface area is 134 Å². The molecule has 0 saturated carbocycles. The van der Waals surface area contributed by atoms with Gasteiger partial charge >= 0.3 is 0 Å². The molecule has 0 aliphatic carbocycles. The van der Waals surface area contributed by atoms with Crippen LogP contribution in [0.1, 0.15) is 19.4 Å². The van der Waals surface area contributed by atoms with Crippen molar-refractivity contribution in [2.45, 2.75) is 31.7 Å². The number of hydrogen-bond donors (Lipinski definition) is 1. The summed E-state index contributed by atoms with van der Waals surface area (Å²) in [5, 5.41) is 1.23. The van der Waals surface area contributed by atoms with Crippen molar-refractivity contribution in [3.63, 3.8) is 0 Å². The summed E-state index contributed by atoms with van der Waals surface area (Å²) in [4.78, 5) is 4.57. The number of aromatic nitrogens is 1. The standard InChI is InChI=1S/C15H19BrN2O2S/c1-10(2)13(9-16)18-21(19,20)14-7-6-11(3)15-12(14)5-4-8-17-15/h4-8,10,13,18H,9H2,1-3H3. The zero-order valence-corrected chi connectivity index (χ0v) is 14.7. The molecule has 0 bridgehead atoms. The van der Waals surface area contributed by atoms with E-state index in [1.807, 2.05) is 20.8 Å². The van der Waals surface area contributed by atoms with Gasteiger partial charge in [-0.25, -0.2) is 13.1 Å². The van der Waals surface area contributed by atoms with Gasteiger partial charge in [-0.1, -0.05) is 35.8 Å². The van der Waals surface area contributed by atoms with Gasteiger partial charge in [-0.3, -0.25) is 4.98 Å². The summed E-state index contributed by atoms with van der Waals surface area (Å²) in [5.74, 6) is 0.203. The van der Waals surface area contributed by atoms with Gasteiger partial charge in [0.2, 0.25) is 10.0 Å². The molecule has 21 heavy (non-hydrogen) atoms. The number of alkyl halides is 1. The zero-order chi connectivity index (χ0) is 15.6. The highest BCUT2D eigenvalue weighted by Crippen LogP contribution is 2.24. The molecule has 0 spiro atoms. The monoisotopic (exact) mass is 370 g/mol. The molecule has 1 unspecified atom stereocenters. The lowest BCUT2D eigenvalue weighted by atomic mass is 10.1. The lowest BCUT2D eigenvalue weighted by molar-refractivity contribution is 0.484. The fourth-order valence-corrected chi connectivity index (χ4v) is 4.84. The number of pyridine rings is 1. The van der Waals surface area contributed by atoms with E-state index >= 15 is 0 Å². The molecule has 1 aromatic carbocycles. The van der Waals surface area contributed by atoms with E-state index in [-0.39, 0.29) is 16.9 Å². The van der Waals surface area contributed by atoms with Crippen molar-refractivity contribution in [1.82, 2.24) is 9.71 Å². The number of nitrogens with one attached hydrogen (secondary N) is 1. The van der Waals surface area contributed by atoms with Crippen LogP contribution in [-0.2, 0) is 10.0 Å². The quantitative estimate of drug-likeness (QED) is 0.821. The Balaban J connectivity index is 2.53. The molecule has 1 heterocycles. The number of aryl methyl sites for hydroxylation is 1. The number of hydrogen-bond acceptors (Lipinski definition) is 3. The molecule has 114 valence electrons. The molecule has 0 radical (unpaired) electrons. The van der Waals surface area contributed by atoms with Crippen LogP contribution in [0.4, 0.5) is 0 Å². The third-order valence-electron chi connectivity index (χ3n) is 3.50. The number of halogens is 1. The van der Waals surface area contributed by atoms with Crippen LogP contribution in [-0.4, -0.2) is 24.8 Å². The van der Waals surface area contributed by atoms with Gasteiger partial charge in [0.1, 0.15) is 0 Å². The van der Waals surface area contributed by atoms with Crippen LogP contribution in [0.5, 0.6) is 0 Å². The minimum absolute atomic E-state index is 0.150. The topological polar surface area (TPSA) is 59.1 Å². The van der Waals surface area contributed by atoms with Crippen LogP contribution >= 0.6 is 15.9 Å². The van der Waals surface area contributed by atoms with Gasteiger partial charge in [0.15, 0.2) is 0 Å². The molecular weight excluding hydrogens is 352 g/mol. The normalized spacial score (nSPS) is 13.8. The lowest BCUT2D eigenvalue weighted by Gasteiger charge is -2.20. The van der Waals surface area contributed by atoms with Gasteiger partial charge in [-0.05, 0) is 36.6 Å². The maximum Gasteiger partial charge on any atom is 0.241 e. The number of nitrogens with zero attached hydrogens (tertiary/aromatic N) is 1. The van der Waals surface area contributed by atoms with Crippen molar-refractivity contribution in [2.75, 3.05) is 5.33 Å². The van der Waals surface area contributed by atoms with Crippen molar-refractivity contribution in [3.05, 3.63) is 36.0 Å². The van der Waals surface area contributed by atoms with Gasteiger partial charge in [0, 0.05) is 23.0 Å². The van der Waals surface area contributed by atoms with E-state index in [4.69, 9.17) is 0 Å². The van der Waals surface area contributed by atoms with Crippen molar-refractivity contribution in [2.24, 2.45) is 5.92 Å². The van der Waals surface area contributed by atoms with E-state index in [0.717, 1.165) is 11.1 Å². The van der Waals surface area contributed by atoms with Crippen LogP contribution in [0.25, 0.3) is 10.9 Å². The molecule has 2 rings (SSSR count). The maximum atomic E-state index is 12.7. The predicted octanol–water partition coefficient (Wildman–Crippen LogP) is 3.24. The second-order valence-corrected chi connectivity index (χ2v) is 7.74. The fourth-order valence-electron chi connectivity index (χ4n) is 2.13. The Morgan fingerprint density at radius 3 is 2.62 bits per heavy atom. The molecule has 1 N–H and O–H groups in total. The maximum absolute atomic E-state index is 12.7. The minimum Gasteiger partial charge on any atom is -0.256 e. The average Bonchev–Trinajstić information content (AvgIpc) is 2.45. The highest BCUT2D eigenvalue weighted by atomic mass is 79.9. The summed E-state index contributed by atoms with van der Waals surface area (Å²) in [6, 6.07) is 6.84. The van der Waals surface area contributed by atoms with Gasteiger partial charge in [-0.15, -0.1) is 0 Å². The third-order valence-corrected chi connectivity index (χ3v) is 5.74. The molecule has 0 aliphatic heterocycles. The molecule has 6 heteroatoms. The van der Waals surface area contributed by atoms with Crippen LogP contribution in [0, 0.1) is 12.8 Å². The van der Waals surface area contributed by atoms with Gasteiger partial charge in [0.25, 0.3) is 0 Å². The first-order chi connectivity index (χ1) is 9.86. The Bertz CT molecular complexity index is 744. The summed E-state index contributed by atoms with van der Waals surface area (Å²) in [7, 11) is -3.58. The second-order valence-electron chi connectivity index (χ2n) is 5.41. The highest BCUT2D eigenvalue weighted by Gasteiger charge is 2.23. The van der Waals surface area contributed by atoms with E-state index in [9.17, 15) is 8.42 Å². The summed E-state index contributed by atoms with van der Waals surface area (Å²) in [6.07, 6.45) is 1.68. The van der Waals surface area contributed by atoms with Gasteiger partial charge < -0.3 is 0 Å². The lowest BCUT2D eigenvalue weighted by Crippen LogP contribution is -2.39. The van der Waals surface area contributed by atoms with Crippen molar-refractivity contribution in [1.29, 1.82) is 0 Å². The Morgan fingerprint density at radius 2 is 2.00 bits per heavy atom. The highest BCUT2D eigenvalue weighted by molar-refractivity contribution is 9.09. The van der Waals surface area contributed by atoms with Crippen LogP contribution < -0.4 is 4.72 Å². The van der Waals surface area contributed by atoms with Crippen LogP contribution in [0.15, 0.2) is 35.4 Å². The molecule has 1 aromatic heterocycles. The SMILES string of the molecule is Cc1ccc(S(=O)(=O)NC(CBr)C(C)C)c2cccnc12. The van der Waals surface area contributed by atoms with Crippen LogP contribution in [0.2, 0.25) is 0 Å². The summed E-state index contributed by atoms with van der Waals surface area (Å²) < 4.78 is 28.1. The van der Waals surface area contributed by atoms with E-state index in [1.54, 1.807) is 30.5 Å². The molecule has 4 nitrogen and oxygen atoms in total. The fraction of sp³-hybridized carbons (Fsp3) is 0.400. The van der Waals surface area contributed by atoms with Crippen molar-refractivity contribution >= 4 is 36.9 Å². The Kier molecular flexibility index (Phi) is 5.01. The molecule has 0 aliphatic rings. The second kappa shape index (κ2) is 6.42. The molecule has 2 aromatic rings. The number of sulfonamides is 1.